The number of nitrogens with zero attached hydrogens (tertiary/aromatic N) is 9. The van der Waals surface area contributed by atoms with Crippen LogP contribution in [0.5, 0.6) is 0 Å². The van der Waals surface area contributed by atoms with Crippen LogP contribution >= 0.6 is 11.6 Å². The van der Waals surface area contributed by atoms with Crippen molar-refractivity contribution in [1.82, 2.24) is 60.0 Å². The van der Waals surface area contributed by atoms with Gasteiger partial charge in [-0.05, 0) is 113 Å². The number of nitrogens with one attached hydrogen (secondary N) is 3. The van der Waals surface area contributed by atoms with Crippen molar-refractivity contribution < 1.29 is 70.7 Å². The maximum Gasteiger partial charge on any atom is 0.417 e. The Morgan fingerprint density at radius 1 is 0.680 bits per heavy atom. The summed E-state index contributed by atoms with van der Waals surface area (Å²) in [6, 6.07) is -1.03. The lowest BCUT2D eigenvalue weighted by Gasteiger charge is -2.45. The molecule has 3 heterocycles. The topological polar surface area (TPSA) is 270 Å². The van der Waals surface area contributed by atoms with E-state index in [-0.39, 0.29) is 82.5 Å². The van der Waals surface area contributed by atoms with Gasteiger partial charge in [0.05, 0.1) is 23.6 Å². The van der Waals surface area contributed by atoms with Crippen molar-refractivity contribution in [2.24, 2.45) is 17.8 Å². The fourth-order valence-corrected chi connectivity index (χ4v) is 14.4. The van der Waals surface area contributed by atoms with E-state index in [2.05, 4.69) is 16.0 Å². The van der Waals surface area contributed by atoms with Crippen molar-refractivity contribution in [2.75, 3.05) is 75.5 Å². The maximum atomic E-state index is 15.5. The van der Waals surface area contributed by atoms with Crippen molar-refractivity contribution in [3.05, 3.63) is 69.7 Å². The zero-order valence-corrected chi connectivity index (χ0v) is 61.9. The first kappa shape index (κ1) is 81.1. The van der Waals surface area contributed by atoms with Gasteiger partial charge in [0.25, 0.3) is 0 Å². The van der Waals surface area contributed by atoms with Gasteiger partial charge in [-0.1, -0.05) is 115 Å². The average molecular weight is 1420 g/mol. The van der Waals surface area contributed by atoms with E-state index in [1.807, 2.05) is 46.8 Å². The van der Waals surface area contributed by atoms with Gasteiger partial charge >= 0.3 is 6.18 Å². The average Bonchev–Trinajstić information content (AvgIpc) is 1.20. The number of alkyl halides is 3. The number of amides is 12. The molecule has 3 saturated heterocycles. The van der Waals surface area contributed by atoms with E-state index in [1.54, 1.807) is 32.9 Å². The van der Waals surface area contributed by atoms with E-state index < -0.39 is 172 Å². The lowest BCUT2D eigenvalue weighted by Crippen LogP contribution is -2.65. The molecule has 3 N–H and O–H groups in total. The highest BCUT2D eigenvalue weighted by Gasteiger charge is 2.51. The lowest BCUT2D eigenvalue weighted by atomic mass is 9.90. The Balaban J connectivity index is 1.46. The minimum Gasteiger partial charge on any atom is -0.347 e. The number of hydrogen-bond donors (Lipinski definition) is 3. The molecular weight excluding hydrogens is 1320 g/mol. The molecular formula is C72H106ClF3N12O12. The van der Waals surface area contributed by atoms with E-state index >= 15 is 24.0 Å². The van der Waals surface area contributed by atoms with Crippen LogP contribution < -0.4 is 16.0 Å². The van der Waals surface area contributed by atoms with Gasteiger partial charge in [0, 0.05) is 75.4 Å². The van der Waals surface area contributed by atoms with Gasteiger partial charge in [-0.3, -0.25) is 57.5 Å². The first-order valence-corrected chi connectivity index (χ1v) is 35.5. The number of carbonyl (C=O) groups excluding carboxylic acids is 12. The van der Waals surface area contributed by atoms with Gasteiger partial charge in [-0.25, -0.2) is 0 Å². The number of benzene rings is 2. The zero-order chi connectivity index (χ0) is 74.7. The summed E-state index contributed by atoms with van der Waals surface area (Å²) in [5, 5.41) is 8.10. The molecule has 100 heavy (non-hydrogen) atoms. The predicted molar refractivity (Wildman–Crippen MR) is 370 cm³/mol. The molecule has 11 atom stereocenters. The van der Waals surface area contributed by atoms with Gasteiger partial charge in [0.2, 0.25) is 70.9 Å². The van der Waals surface area contributed by atoms with Crippen LogP contribution in [0.1, 0.15) is 155 Å². The first-order chi connectivity index (χ1) is 46.9. The van der Waals surface area contributed by atoms with Crippen LogP contribution in [0.3, 0.4) is 0 Å². The highest BCUT2D eigenvalue weighted by atomic mass is 35.5. The van der Waals surface area contributed by atoms with E-state index in [1.165, 1.54) is 96.6 Å². The van der Waals surface area contributed by atoms with Crippen LogP contribution in [0.4, 0.5) is 13.2 Å². The van der Waals surface area contributed by atoms with Crippen LogP contribution in [-0.4, -0.2) is 250 Å². The molecule has 554 valence electrons. The van der Waals surface area contributed by atoms with Gasteiger partial charge < -0.3 is 60.0 Å². The number of rotatable bonds is 13. The second kappa shape index (κ2) is 34.7. The smallest absolute Gasteiger partial charge is 0.347 e. The summed E-state index contributed by atoms with van der Waals surface area (Å²) >= 11 is 6.15. The van der Waals surface area contributed by atoms with Crippen molar-refractivity contribution in [1.29, 1.82) is 0 Å². The third-order valence-corrected chi connectivity index (χ3v) is 21.2. The highest BCUT2D eigenvalue weighted by Crippen LogP contribution is 2.37. The SMILES string of the molecule is CC[C@H](C)[C@@H]1NC(=O)[C@H](CC(C)C)N(CC)C(=O)C[C@@H](C(=O)N(C)C)N(C)C(=O)[C@H]([C@@H](C)CC)N(C)C(=O)C2(CCCC2)NC(=O)[C@@H]2CCCN2C(=O)[C@H](CCc2ccc(C(F)(F)F)c(Cl)c2)NC(=O)CN(C)C(=O)[C@H](Cc2ccc(C)cc2)N(C)C(=O)[C@@H]2CCN2C(=O)[C@H](C)N(C)C1=O. The number of fused-ring (bicyclic) bond motifs is 2. The number of hydrogen-bond acceptors (Lipinski definition) is 12. The van der Waals surface area contributed by atoms with Crippen molar-refractivity contribution in [3.8, 4) is 0 Å². The molecule has 2 aromatic rings. The third-order valence-electron chi connectivity index (χ3n) is 20.9. The number of carbonyl (C=O) groups is 12. The molecule has 4 fully saturated rings. The Hall–Kier alpha value is -7.84. The molecule has 6 rings (SSSR count). The summed E-state index contributed by atoms with van der Waals surface area (Å²) in [7, 11) is 9.92. The number of aryl methyl sites for hydroxylation is 2. The fourth-order valence-electron chi connectivity index (χ4n) is 14.1. The molecule has 28 heteroatoms. The fraction of sp³-hybridized carbons (Fsp3) is 0.667. The van der Waals surface area contributed by atoms with Crippen LogP contribution in [0.15, 0.2) is 42.5 Å². The number of halogens is 4. The maximum absolute atomic E-state index is 15.5. The molecule has 2 aromatic carbocycles. The predicted octanol–water partition coefficient (Wildman–Crippen LogP) is 5.47. The van der Waals surface area contributed by atoms with Crippen LogP contribution in [0.25, 0.3) is 0 Å². The van der Waals surface area contributed by atoms with Gasteiger partial charge in [0.15, 0.2) is 0 Å². The molecule has 1 saturated carbocycles. The zero-order valence-electron chi connectivity index (χ0n) is 61.1. The Morgan fingerprint density at radius 3 is 1.84 bits per heavy atom. The van der Waals surface area contributed by atoms with Crippen LogP contribution in [-0.2, 0) is 76.6 Å². The normalized spacial score (nSPS) is 26.0. The Labute approximate surface area is 592 Å². The van der Waals surface area contributed by atoms with Gasteiger partial charge in [0.1, 0.15) is 59.9 Å². The molecule has 24 nitrogen and oxygen atoms in total. The van der Waals surface area contributed by atoms with Crippen molar-refractivity contribution >= 4 is 82.5 Å². The molecule has 12 amide bonds. The third kappa shape index (κ3) is 18.8. The first-order valence-electron chi connectivity index (χ1n) is 35.1. The molecule has 0 radical (unpaired) electrons. The van der Waals surface area contributed by atoms with Crippen LogP contribution in [0.2, 0.25) is 5.02 Å². The molecule has 1 aliphatic carbocycles. The standard InChI is InChI=1S/C72H106ClF3N12O12/c1-17-44(7)59-68(98)82(13)46(9)63(93)88-36-32-53(88)67(97)83(14)55(39-48-26-24-43(6)25-27-48)66(96)81(12)41-57(89)77-51(31-29-47-28-30-49(50(73)38-47)72(74,75)76)64(94)87-35-22-23-52(87)62(92)79-71(33-20-21-34-71)70(100)85(16)60(45(8)18-2)69(99)84(15)56(65(95)80(10)11)40-58(90)86(19-3)54(37-42(4)5)61(91)78-59/h24-28,30,38,42,44-46,51-56,59-60H,17-23,29,31-37,39-41H2,1-16H3,(H,77,89)(H,78,91)(H,79,92)/t44-,45-,46-,51-,52-,53-,54-,55-,56-,59-,60-/m0/s1. The minimum atomic E-state index is -4.77. The Morgan fingerprint density at radius 2 is 1.29 bits per heavy atom. The highest BCUT2D eigenvalue weighted by molar-refractivity contribution is 6.31. The van der Waals surface area contributed by atoms with Crippen molar-refractivity contribution in [3.63, 3.8) is 0 Å². The number of likely N-dealkylation sites (N-methyl/N-ethyl adjacent to an activating group) is 7. The summed E-state index contributed by atoms with van der Waals surface area (Å²) in [4.78, 5) is 191. The molecule has 4 aliphatic rings. The monoisotopic (exact) mass is 1420 g/mol. The molecule has 0 bridgehead atoms. The largest absolute Gasteiger partial charge is 0.417 e. The summed E-state index contributed by atoms with van der Waals surface area (Å²) in [5.74, 6) is -9.40. The van der Waals surface area contributed by atoms with E-state index in [0.29, 0.717) is 37.7 Å². The second-order valence-corrected chi connectivity index (χ2v) is 29.0. The second-order valence-electron chi connectivity index (χ2n) is 28.6. The van der Waals surface area contributed by atoms with Gasteiger partial charge in [-0.15, -0.1) is 0 Å². The van der Waals surface area contributed by atoms with Crippen molar-refractivity contribution in [2.45, 2.75) is 218 Å². The van der Waals surface area contributed by atoms with Gasteiger partial charge in [-0.2, -0.15) is 13.2 Å². The van der Waals surface area contributed by atoms with Crippen LogP contribution in [0, 0.1) is 24.7 Å². The molecule has 0 aromatic heterocycles. The van der Waals surface area contributed by atoms with E-state index in [4.69, 9.17) is 11.6 Å². The van der Waals surface area contributed by atoms with E-state index in [0.717, 1.165) is 27.5 Å². The summed E-state index contributed by atoms with van der Waals surface area (Å²) < 4.78 is 41.6. The molecule has 1 spiro atoms. The lowest BCUT2D eigenvalue weighted by molar-refractivity contribution is -0.160. The summed E-state index contributed by atoms with van der Waals surface area (Å²) in [6.07, 6.45) is -3.00. The molecule has 3 aliphatic heterocycles. The van der Waals surface area contributed by atoms with E-state index in [9.17, 15) is 46.7 Å². The molecule has 0 unspecified atom stereocenters. The summed E-state index contributed by atoms with van der Waals surface area (Å²) in [6.45, 7) is 15.4. The minimum absolute atomic E-state index is 0.0139. The Bertz CT molecular complexity index is 3330. The Kier molecular flexibility index (Phi) is 28.1. The quantitative estimate of drug-likeness (QED) is 0.226. The summed E-state index contributed by atoms with van der Waals surface area (Å²) in [5.41, 5.74) is -0.838.